The summed E-state index contributed by atoms with van der Waals surface area (Å²) in [6.07, 6.45) is 6.71. The van der Waals surface area contributed by atoms with Crippen molar-refractivity contribution in [2.75, 3.05) is 0 Å². The van der Waals surface area contributed by atoms with Crippen molar-refractivity contribution in [3.8, 4) is 0 Å². The van der Waals surface area contributed by atoms with Crippen molar-refractivity contribution in [3.63, 3.8) is 0 Å². The van der Waals surface area contributed by atoms with Gasteiger partial charge in [-0.05, 0) is 33.1 Å². The summed E-state index contributed by atoms with van der Waals surface area (Å²) in [4.78, 5) is 22.5. The van der Waals surface area contributed by atoms with Crippen LogP contribution in [-0.4, -0.2) is 23.0 Å². The maximum atomic E-state index is 11.7. The number of amides is 1. The van der Waals surface area contributed by atoms with Gasteiger partial charge in [-0.25, -0.2) is 0 Å². The third-order valence-corrected chi connectivity index (χ3v) is 2.71. The second-order valence-corrected chi connectivity index (χ2v) is 4.38. The number of carboxylic acid groups (broad SMARTS) is 1. The standard InChI is InChI=1S/C11H17NO3/c1-11(2,10(14)15)9(13)12-8-6-4-3-5-7-8/h3-4,8H,5-7H2,1-2H3,(H,12,13)(H,14,15). The van der Waals surface area contributed by atoms with E-state index in [1.165, 1.54) is 13.8 Å². The van der Waals surface area contributed by atoms with E-state index in [-0.39, 0.29) is 6.04 Å². The summed E-state index contributed by atoms with van der Waals surface area (Å²) in [6, 6.07) is 0.0844. The third kappa shape index (κ3) is 2.81. The smallest absolute Gasteiger partial charge is 0.318 e. The molecule has 1 rings (SSSR count). The molecule has 0 saturated carbocycles. The van der Waals surface area contributed by atoms with E-state index in [1.54, 1.807) is 0 Å². The van der Waals surface area contributed by atoms with Gasteiger partial charge >= 0.3 is 5.97 Å². The fraction of sp³-hybridized carbons (Fsp3) is 0.636. The van der Waals surface area contributed by atoms with Crippen LogP contribution in [0.3, 0.4) is 0 Å². The predicted octanol–water partition coefficient (Wildman–Crippen LogP) is 1.32. The summed E-state index contributed by atoms with van der Waals surface area (Å²) < 4.78 is 0. The van der Waals surface area contributed by atoms with Crippen LogP contribution in [0.1, 0.15) is 33.1 Å². The molecular formula is C11H17NO3. The van der Waals surface area contributed by atoms with Crippen molar-refractivity contribution >= 4 is 11.9 Å². The van der Waals surface area contributed by atoms with E-state index in [9.17, 15) is 9.59 Å². The van der Waals surface area contributed by atoms with Gasteiger partial charge in [0.2, 0.25) is 5.91 Å². The van der Waals surface area contributed by atoms with Crippen LogP contribution in [-0.2, 0) is 9.59 Å². The number of carbonyl (C=O) groups is 2. The fourth-order valence-corrected chi connectivity index (χ4v) is 1.39. The molecule has 84 valence electrons. The Morgan fingerprint density at radius 1 is 1.40 bits per heavy atom. The van der Waals surface area contributed by atoms with E-state index in [0.717, 1.165) is 19.3 Å². The van der Waals surface area contributed by atoms with Crippen LogP contribution in [0.5, 0.6) is 0 Å². The fourth-order valence-electron chi connectivity index (χ4n) is 1.39. The van der Waals surface area contributed by atoms with Gasteiger partial charge in [0.15, 0.2) is 0 Å². The molecule has 0 heterocycles. The molecule has 0 fully saturated rings. The van der Waals surface area contributed by atoms with Crippen LogP contribution in [0.4, 0.5) is 0 Å². The number of carboxylic acids is 1. The van der Waals surface area contributed by atoms with Crippen molar-refractivity contribution in [3.05, 3.63) is 12.2 Å². The minimum absolute atomic E-state index is 0.0844. The number of aliphatic carboxylic acids is 1. The van der Waals surface area contributed by atoms with Gasteiger partial charge in [-0.3, -0.25) is 9.59 Å². The van der Waals surface area contributed by atoms with Crippen molar-refractivity contribution in [2.24, 2.45) is 5.41 Å². The normalized spacial score (nSPS) is 21.1. The molecule has 0 spiro atoms. The summed E-state index contributed by atoms with van der Waals surface area (Å²) in [5, 5.41) is 11.6. The highest BCUT2D eigenvalue weighted by Gasteiger charge is 2.36. The lowest BCUT2D eigenvalue weighted by molar-refractivity contribution is -0.153. The third-order valence-electron chi connectivity index (χ3n) is 2.71. The topological polar surface area (TPSA) is 66.4 Å². The van der Waals surface area contributed by atoms with Crippen molar-refractivity contribution in [2.45, 2.75) is 39.2 Å². The monoisotopic (exact) mass is 211 g/mol. The van der Waals surface area contributed by atoms with Gasteiger partial charge in [0.25, 0.3) is 0 Å². The van der Waals surface area contributed by atoms with Gasteiger partial charge in [-0.15, -0.1) is 0 Å². The molecule has 0 bridgehead atoms. The number of carbonyl (C=O) groups excluding carboxylic acids is 1. The Labute approximate surface area is 89.4 Å². The van der Waals surface area contributed by atoms with Crippen molar-refractivity contribution in [1.29, 1.82) is 0 Å². The van der Waals surface area contributed by atoms with Gasteiger partial charge < -0.3 is 10.4 Å². The molecule has 1 aliphatic carbocycles. The van der Waals surface area contributed by atoms with E-state index >= 15 is 0 Å². The predicted molar refractivity (Wildman–Crippen MR) is 56.3 cm³/mol. The van der Waals surface area contributed by atoms with Gasteiger partial charge in [0.1, 0.15) is 5.41 Å². The quantitative estimate of drug-likeness (QED) is 0.546. The Morgan fingerprint density at radius 2 is 2.07 bits per heavy atom. The first kappa shape index (κ1) is 11.8. The van der Waals surface area contributed by atoms with E-state index in [0.29, 0.717) is 0 Å². The lowest BCUT2D eigenvalue weighted by Gasteiger charge is -2.24. The number of rotatable bonds is 3. The van der Waals surface area contributed by atoms with Gasteiger partial charge in [0, 0.05) is 6.04 Å². The molecule has 0 aromatic rings. The summed E-state index contributed by atoms with van der Waals surface area (Å²) in [7, 11) is 0. The Kier molecular flexibility index (Phi) is 3.50. The zero-order valence-corrected chi connectivity index (χ0v) is 9.12. The van der Waals surface area contributed by atoms with E-state index in [4.69, 9.17) is 5.11 Å². The van der Waals surface area contributed by atoms with Crippen molar-refractivity contribution in [1.82, 2.24) is 5.32 Å². The summed E-state index contributed by atoms with van der Waals surface area (Å²) >= 11 is 0. The van der Waals surface area contributed by atoms with E-state index < -0.39 is 17.3 Å². The van der Waals surface area contributed by atoms with E-state index in [1.807, 2.05) is 6.08 Å². The van der Waals surface area contributed by atoms with E-state index in [2.05, 4.69) is 11.4 Å². The minimum Gasteiger partial charge on any atom is -0.480 e. The molecule has 0 radical (unpaired) electrons. The Bertz CT molecular complexity index is 294. The molecule has 0 aliphatic heterocycles. The first-order chi connectivity index (χ1) is 6.94. The summed E-state index contributed by atoms with van der Waals surface area (Å²) in [5.41, 5.74) is -1.35. The molecule has 0 aromatic heterocycles. The first-order valence-corrected chi connectivity index (χ1v) is 5.14. The van der Waals surface area contributed by atoms with Crippen molar-refractivity contribution < 1.29 is 14.7 Å². The van der Waals surface area contributed by atoms with Gasteiger partial charge in [0.05, 0.1) is 0 Å². The van der Waals surface area contributed by atoms with Gasteiger partial charge in [-0.2, -0.15) is 0 Å². The highest BCUT2D eigenvalue weighted by Crippen LogP contribution is 2.18. The lowest BCUT2D eigenvalue weighted by Crippen LogP contribution is -2.46. The SMILES string of the molecule is CC(C)(C(=O)O)C(=O)NC1CC=CCC1. The Morgan fingerprint density at radius 3 is 2.53 bits per heavy atom. The lowest BCUT2D eigenvalue weighted by atomic mass is 9.91. The Balaban J connectivity index is 2.55. The number of allylic oxidation sites excluding steroid dienone is 1. The second kappa shape index (κ2) is 4.47. The number of hydrogen-bond donors (Lipinski definition) is 2. The van der Waals surface area contributed by atoms with Crippen LogP contribution in [0.15, 0.2) is 12.2 Å². The average molecular weight is 211 g/mol. The molecule has 1 atom stereocenters. The highest BCUT2D eigenvalue weighted by molar-refractivity contribution is 6.01. The number of nitrogens with one attached hydrogen (secondary N) is 1. The van der Waals surface area contributed by atoms with Crippen LogP contribution < -0.4 is 5.32 Å². The van der Waals surface area contributed by atoms with Gasteiger partial charge in [-0.1, -0.05) is 12.2 Å². The molecule has 1 amide bonds. The largest absolute Gasteiger partial charge is 0.480 e. The van der Waals surface area contributed by atoms with Crippen LogP contribution in [0, 0.1) is 5.41 Å². The highest BCUT2D eigenvalue weighted by atomic mass is 16.4. The molecule has 1 unspecified atom stereocenters. The molecule has 1 aliphatic rings. The molecule has 0 saturated heterocycles. The molecular weight excluding hydrogens is 194 g/mol. The minimum atomic E-state index is -1.35. The van der Waals surface area contributed by atoms with Crippen LogP contribution >= 0.6 is 0 Å². The summed E-state index contributed by atoms with van der Waals surface area (Å²) in [5.74, 6) is -1.50. The molecule has 4 heteroatoms. The molecule has 2 N–H and O–H groups in total. The zero-order valence-electron chi connectivity index (χ0n) is 9.12. The average Bonchev–Trinajstić information content (AvgIpc) is 2.18. The van der Waals surface area contributed by atoms with Crippen LogP contribution in [0.2, 0.25) is 0 Å². The second-order valence-electron chi connectivity index (χ2n) is 4.38. The Hall–Kier alpha value is -1.32. The maximum Gasteiger partial charge on any atom is 0.318 e. The maximum absolute atomic E-state index is 11.7. The zero-order chi connectivity index (χ0) is 11.5. The number of hydrogen-bond acceptors (Lipinski definition) is 2. The van der Waals surface area contributed by atoms with Crippen LogP contribution in [0.25, 0.3) is 0 Å². The molecule has 4 nitrogen and oxygen atoms in total. The molecule has 15 heavy (non-hydrogen) atoms. The molecule has 0 aromatic carbocycles. The summed E-state index contributed by atoms with van der Waals surface area (Å²) in [6.45, 7) is 2.84. The first-order valence-electron chi connectivity index (χ1n) is 5.14.